The molecule has 1 N–H and O–H groups in total. The summed E-state index contributed by atoms with van der Waals surface area (Å²) in [6.45, 7) is 1.21. The Morgan fingerprint density at radius 2 is 2.00 bits per heavy atom. The predicted octanol–water partition coefficient (Wildman–Crippen LogP) is 2.30. The summed E-state index contributed by atoms with van der Waals surface area (Å²) >= 11 is 5.70. The third-order valence-corrected chi connectivity index (χ3v) is 3.38. The fraction of sp³-hybridized carbons (Fsp3) is 0.300. The minimum Gasteiger partial charge on any atom is -0.468 e. The van der Waals surface area contributed by atoms with E-state index in [2.05, 4.69) is 9.82 Å². The molecule has 0 amide bonds. The lowest BCUT2D eigenvalue weighted by atomic mass is 10.3. The van der Waals surface area contributed by atoms with Gasteiger partial charge >= 0.3 is 13.5 Å². The van der Waals surface area contributed by atoms with Gasteiger partial charge in [-0.1, -0.05) is 11.6 Å². The molecule has 0 spiro atoms. The van der Waals surface area contributed by atoms with Crippen molar-refractivity contribution in [2.45, 2.75) is 0 Å². The highest BCUT2D eigenvalue weighted by molar-refractivity contribution is 7.56. The van der Waals surface area contributed by atoms with Crippen molar-refractivity contribution in [2.75, 3.05) is 20.3 Å². The third-order valence-electron chi connectivity index (χ3n) is 1.83. The predicted molar refractivity (Wildman–Crippen MR) is 65.6 cm³/mol. The van der Waals surface area contributed by atoms with E-state index in [1.807, 2.05) is 0 Å². The maximum atomic E-state index is 11.9. The van der Waals surface area contributed by atoms with Gasteiger partial charge in [0.1, 0.15) is 12.3 Å². The number of methoxy groups -OCH3 is 1. The smallest absolute Gasteiger partial charge is 0.320 e. The molecule has 7 heteroatoms. The molecule has 5 nitrogen and oxygen atoms in total. The Bertz CT molecular complexity index is 434. The van der Waals surface area contributed by atoms with Gasteiger partial charge in [-0.2, -0.15) is 0 Å². The molecule has 0 saturated carbocycles. The Kier molecular flexibility index (Phi) is 5.00. The molecule has 0 aromatic heterocycles. The molecule has 1 aromatic carbocycles. The third kappa shape index (κ3) is 5.22. The Balaban J connectivity index is 2.57. The molecule has 0 aliphatic rings. The minimum atomic E-state index is -3.09. The van der Waals surface area contributed by atoms with Crippen molar-refractivity contribution in [3.8, 4) is 5.75 Å². The van der Waals surface area contributed by atoms with Crippen molar-refractivity contribution in [3.05, 3.63) is 29.3 Å². The summed E-state index contributed by atoms with van der Waals surface area (Å²) in [5.74, 6) is -0.0932. The fourth-order valence-corrected chi connectivity index (χ4v) is 2.14. The highest BCUT2D eigenvalue weighted by Crippen LogP contribution is 2.38. The second-order valence-electron chi connectivity index (χ2n) is 3.30. The molecule has 0 saturated heterocycles. The maximum absolute atomic E-state index is 11.9. The zero-order chi connectivity index (χ0) is 12.9. The Morgan fingerprint density at radius 1 is 1.41 bits per heavy atom. The van der Waals surface area contributed by atoms with Gasteiger partial charge < -0.3 is 9.26 Å². The van der Waals surface area contributed by atoms with Crippen LogP contribution in [-0.2, 0) is 14.1 Å². The van der Waals surface area contributed by atoms with Crippen molar-refractivity contribution >= 4 is 25.1 Å². The Labute approximate surface area is 105 Å². The Hall–Kier alpha value is -1.03. The zero-order valence-electron chi connectivity index (χ0n) is 9.47. The summed E-state index contributed by atoms with van der Waals surface area (Å²) in [6, 6.07) is 6.44. The molecule has 1 atom stereocenters. The van der Waals surface area contributed by atoms with Gasteiger partial charge in [0.15, 0.2) is 0 Å². The normalized spacial score (nSPS) is 13.8. The van der Waals surface area contributed by atoms with Crippen molar-refractivity contribution in [2.24, 2.45) is 0 Å². The van der Waals surface area contributed by atoms with E-state index >= 15 is 0 Å². The molecule has 0 heterocycles. The van der Waals surface area contributed by atoms with Crippen LogP contribution >= 0.6 is 19.1 Å². The van der Waals surface area contributed by atoms with Gasteiger partial charge in [-0.15, -0.1) is 0 Å². The number of ether oxygens (including phenoxy) is 1. The van der Waals surface area contributed by atoms with E-state index in [9.17, 15) is 9.36 Å². The maximum Gasteiger partial charge on any atom is 0.320 e. The monoisotopic (exact) mass is 277 g/mol. The lowest BCUT2D eigenvalue weighted by Gasteiger charge is -2.15. The molecule has 1 unspecified atom stereocenters. The van der Waals surface area contributed by atoms with Crippen LogP contribution in [0.2, 0.25) is 5.02 Å². The van der Waals surface area contributed by atoms with Crippen LogP contribution in [0.1, 0.15) is 0 Å². The summed E-state index contributed by atoms with van der Waals surface area (Å²) < 4.78 is 21.6. The number of hydrogen-bond acceptors (Lipinski definition) is 4. The number of rotatable bonds is 5. The first kappa shape index (κ1) is 14.0. The standard InChI is InChI=1S/C10H13ClNO4P/c1-15-10(13)7-12-17(2,14)16-9-5-3-8(11)4-6-9/h3-6H,7H2,1-2H3,(H,12,14). The zero-order valence-corrected chi connectivity index (χ0v) is 11.1. The second kappa shape index (κ2) is 6.05. The number of benzene rings is 1. The largest absolute Gasteiger partial charge is 0.468 e. The number of halogens is 1. The molecule has 1 aromatic rings. The number of hydrogen-bond donors (Lipinski definition) is 1. The van der Waals surface area contributed by atoms with Crippen LogP contribution in [0.3, 0.4) is 0 Å². The van der Waals surface area contributed by atoms with Crippen molar-refractivity contribution in [1.82, 2.24) is 5.09 Å². The SMILES string of the molecule is COC(=O)CNP(C)(=O)Oc1ccc(Cl)cc1. The van der Waals surface area contributed by atoms with Crippen molar-refractivity contribution in [3.63, 3.8) is 0 Å². The van der Waals surface area contributed by atoms with E-state index in [1.54, 1.807) is 24.3 Å². The summed E-state index contributed by atoms with van der Waals surface area (Å²) in [7, 11) is -1.84. The van der Waals surface area contributed by atoms with E-state index in [-0.39, 0.29) is 6.54 Å². The first-order valence-electron chi connectivity index (χ1n) is 4.77. The summed E-state index contributed by atoms with van der Waals surface area (Å²) in [4.78, 5) is 10.9. The van der Waals surface area contributed by atoms with Gasteiger partial charge in [0.2, 0.25) is 0 Å². The van der Waals surface area contributed by atoms with Crippen LogP contribution in [0.15, 0.2) is 24.3 Å². The molecular formula is C10H13ClNO4P. The molecule has 0 fully saturated rings. The van der Waals surface area contributed by atoms with Crippen LogP contribution in [0.25, 0.3) is 0 Å². The average Bonchev–Trinajstić information content (AvgIpc) is 2.29. The molecule has 94 valence electrons. The van der Waals surface area contributed by atoms with Crippen LogP contribution in [0.5, 0.6) is 5.75 Å². The number of carbonyl (C=O) groups excluding carboxylic acids is 1. The number of nitrogens with one attached hydrogen (secondary N) is 1. The number of carbonyl (C=O) groups is 1. The van der Waals surface area contributed by atoms with E-state index in [4.69, 9.17) is 16.1 Å². The van der Waals surface area contributed by atoms with Crippen LogP contribution in [-0.4, -0.2) is 26.3 Å². The highest BCUT2D eigenvalue weighted by Gasteiger charge is 2.18. The molecular weight excluding hydrogens is 265 g/mol. The lowest BCUT2D eigenvalue weighted by molar-refractivity contribution is -0.139. The lowest BCUT2D eigenvalue weighted by Crippen LogP contribution is -2.23. The van der Waals surface area contributed by atoms with Crippen LogP contribution in [0.4, 0.5) is 0 Å². The first-order chi connectivity index (χ1) is 7.93. The van der Waals surface area contributed by atoms with Gasteiger partial charge in [-0.05, 0) is 24.3 Å². The number of esters is 1. The highest BCUT2D eigenvalue weighted by atomic mass is 35.5. The summed E-state index contributed by atoms with van der Waals surface area (Å²) in [6.07, 6.45) is 0. The van der Waals surface area contributed by atoms with Gasteiger partial charge in [0, 0.05) is 11.7 Å². The van der Waals surface area contributed by atoms with Crippen molar-refractivity contribution < 1.29 is 18.6 Å². The minimum absolute atomic E-state index is 0.169. The van der Waals surface area contributed by atoms with Gasteiger partial charge in [-0.3, -0.25) is 9.36 Å². The summed E-state index contributed by atoms with van der Waals surface area (Å²) in [5.41, 5.74) is 0. The van der Waals surface area contributed by atoms with Crippen molar-refractivity contribution in [1.29, 1.82) is 0 Å². The molecule has 17 heavy (non-hydrogen) atoms. The second-order valence-corrected chi connectivity index (χ2v) is 5.93. The quantitative estimate of drug-likeness (QED) is 0.661. The van der Waals surface area contributed by atoms with Crippen LogP contribution < -0.4 is 9.61 Å². The molecule has 0 aliphatic heterocycles. The van der Waals surface area contributed by atoms with E-state index < -0.39 is 13.5 Å². The molecule has 0 aliphatic carbocycles. The Morgan fingerprint density at radius 3 is 2.53 bits per heavy atom. The molecule has 0 bridgehead atoms. The average molecular weight is 278 g/mol. The van der Waals surface area contributed by atoms with E-state index in [1.165, 1.54) is 13.8 Å². The van der Waals surface area contributed by atoms with Gasteiger partial charge in [0.05, 0.1) is 7.11 Å². The topological polar surface area (TPSA) is 64.6 Å². The summed E-state index contributed by atoms with van der Waals surface area (Å²) in [5, 5.41) is 3.06. The molecule has 1 rings (SSSR count). The van der Waals surface area contributed by atoms with E-state index in [0.717, 1.165) is 0 Å². The fourth-order valence-electron chi connectivity index (χ4n) is 1.01. The van der Waals surface area contributed by atoms with E-state index in [0.29, 0.717) is 10.8 Å². The van der Waals surface area contributed by atoms with Gasteiger partial charge in [-0.25, -0.2) is 5.09 Å². The van der Waals surface area contributed by atoms with Crippen LogP contribution in [0, 0.1) is 0 Å². The van der Waals surface area contributed by atoms with Gasteiger partial charge in [0.25, 0.3) is 0 Å². The molecule has 0 radical (unpaired) electrons. The first-order valence-corrected chi connectivity index (χ1v) is 7.22.